The third-order valence-corrected chi connectivity index (χ3v) is 9.68. The molecule has 3 fully saturated rings. The third-order valence-electron chi connectivity index (χ3n) is 9.68. The molecule has 3 aliphatic rings. The van der Waals surface area contributed by atoms with Gasteiger partial charge in [0, 0.05) is 49.7 Å². The Morgan fingerprint density at radius 2 is 1.81 bits per heavy atom. The van der Waals surface area contributed by atoms with Crippen LogP contribution in [0.5, 0.6) is 0 Å². The van der Waals surface area contributed by atoms with E-state index in [4.69, 9.17) is 0 Å². The second-order valence-corrected chi connectivity index (χ2v) is 12.7. The molecule has 2 aromatic heterocycles. The maximum Gasteiger partial charge on any atom is 0.322 e. The standard InChI is InChI=1S/C35H38N10O2/c1-44-22-26(20-40-44)24-7-11-28(12-8-24)45(34(47)39-18-23-5-3-2-4-6-23)29-13-9-27(10-14-29)41-33-38-19-25(17-36)31(43-33)42-30-21-37-32(46)35(30)15-16-35/h2-8,11-12,19-20,22,27,29-30H,9-10,13-16,18,21H2,1H3,(H,37,46)(H,39,47)(H2,38,41,42,43)/t27-,29-,30?. The molecular weight excluding hydrogens is 592 g/mol. The van der Waals surface area contributed by atoms with Crippen molar-refractivity contribution in [3.8, 4) is 17.2 Å². The number of anilines is 3. The highest BCUT2D eigenvalue weighted by atomic mass is 16.2. The number of rotatable bonds is 9. The first-order valence-electron chi connectivity index (χ1n) is 16.2. The lowest BCUT2D eigenvalue weighted by molar-refractivity contribution is -0.123. The van der Waals surface area contributed by atoms with Crippen molar-refractivity contribution in [3.05, 3.63) is 84.3 Å². The summed E-state index contributed by atoms with van der Waals surface area (Å²) >= 11 is 0. The smallest absolute Gasteiger partial charge is 0.322 e. The summed E-state index contributed by atoms with van der Waals surface area (Å²) in [7, 11) is 1.89. The minimum absolute atomic E-state index is 0.00862. The van der Waals surface area contributed by atoms with Gasteiger partial charge in [0.15, 0.2) is 0 Å². The van der Waals surface area contributed by atoms with Gasteiger partial charge < -0.3 is 21.3 Å². The minimum atomic E-state index is -0.387. The number of amides is 3. The first-order valence-corrected chi connectivity index (χ1v) is 16.2. The SMILES string of the molecule is Cn1cc(-c2ccc(N(C(=O)NCc3ccccc3)[C@H]3CC[C@H](Nc4ncc(C#N)c(NC5CNC(=O)C56CC6)n4)CC3)cc2)cn1. The van der Waals surface area contributed by atoms with Crippen molar-refractivity contribution in [1.29, 1.82) is 5.26 Å². The molecule has 240 valence electrons. The van der Waals surface area contributed by atoms with Gasteiger partial charge in [-0.25, -0.2) is 9.78 Å². The zero-order chi connectivity index (χ0) is 32.4. The predicted octanol–water partition coefficient (Wildman–Crippen LogP) is 4.58. The zero-order valence-corrected chi connectivity index (χ0v) is 26.3. The summed E-state index contributed by atoms with van der Waals surface area (Å²) in [5.74, 6) is 0.966. The minimum Gasteiger partial charge on any atom is -0.363 e. The van der Waals surface area contributed by atoms with Crippen molar-refractivity contribution >= 4 is 29.4 Å². The fourth-order valence-electron chi connectivity index (χ4n) is 6.83. The van der Waals surface area contributed by atoms with Gasteiger partial charge in [-0.3, -0.25) is 14.4 Å². The molecule has 3 amide bonds. The van der Waals surface area contributed by atoms with Gasteiger partial charge in [-0.2, -0.15) is 15.3 Å². The Hall–Kier alpha value is -5.44. The summed E-state index contributed by atoms with van der Waals surface area (Å²) in [4.78, 5) is 37.1. The molecule has 1 unspecified atom stereocenters. The van der Waals surface area contributed by atoms with Crippen LogP contribution in [-0.4, -0.2) is 56.4 Å². The van der Waals surface area contributed by atoms with Gasteiger partial charge >= 0.3 is 6.03 Å². The molecule has 1 atom stereocenters. The average molecular weight is 631 g/mol. The van der Waals surface area contributed by atoms with Crippen LogP contribution in [0.4, 0.5) is 22.2 Å². The summed E-state index contributed by atoms with van der Waals surface area (Å²) in [5, 5.41) is 26.9. The van der Waals surface area contributed by atoms with Gasteiger partial charge in [-0.1, -0.05) is 42.5 Å². The Balaban J connectivity index is 1.03. The lowest BCUT2D eigenvalue weighted by Gasteiger charge is -2.37. The molecule has 4 N–H and O–H groups in total. The highest BCUT2D eigenvalue weighted by Gasteiger charge is 2.59. The van der Waals surface area contributed by atoms with Crippen LogP contribution in [0.3, 0.4) is 0 Å². The van der Waals surface area contributed by atoms with E-state index in [0.29, 0.717) is 30.4 Å². The Labute approximate surface area is 273 Å². The molecule has 1 aliphatic heterocycles. The number of hydrogen-bond donors (Lipinski definition) is 4. The number of nitrogens with one attached hydrogen (secondary N) is 4. The Morgan fingerprint density at radius 3 is 2.49 bits per heavy atom. The molecular formula is C35H38N10O2. The molecule has 47 heavy (non-hydrogen) atoms. The summed E-state index contributed by atoms with van der Waals surface area (Å²) in [5.41, 5.74) is 3.91. The van der Waals surface area contributed by atoms with E-state index in [1.165, 1.54) is 6.20 Å². The number of nitrogens with zero attached hydrogens (tertiary/aromatic N) is 6. The fourth-order valence-corrected chi connectivity index (χ4v) is 6.83. The van der Waals surface area contributed by atoms with Gasteiger partial charge in [0.1, 0.15) is 17.5 Å². The first-order chi connectivity index (χ1) is 22.9. The van der Waals surface area contributed by atoms with Crippen molar-refractivity contribution in [2.75, 3.05) is 22.1 Å². The monoisotopic (exact) mass is 630 g/mol. The summed E-state index contributed by atoms with van der Waals surface area (Å²) in [6.07, 6.45) is 10.2. The quantitative estimate of drug-likeness (QED) is 0.210. The third kappa shape index (κ3) is 6.34. The number of aryl methyl sites for hydroxylation is 1. The van der Waals surface area contributed by atoms with Gasteiger partial charge in [-0.05, 0) is 61.8 Å². The summed E-state index contributed by atoms with van der Waals surface area (Å²) < 4.78 is 1.78. The lowest BCUT2D eigenvalue weighted by atomic mass is 9.90. The molecule has 0 bridgehead atoms. The number of hydrogen-bond acceptors (Lipinski definition) is 8. The van der Waals surface area contributed by atoms with Gasteiger partial charge in [-0.15, -0.1) is 0 Å². The number of urea groups is 1. The van der Waals surface area contributed by atoms with E-state index >= 15 is 0 Å². The molecule has 12 nitrogen and oxygen atoms in total. The van der Waals surface area contributed by atoms with Gasteiger partial charge in [0.05, 0.1) is 23.9 Å². The predicted molar refractivity (Wildman–Crippen MR) is 178 cm³/mol. The maximum atomic E-state index is 13.8. The summed E-state index contributed by atoms with van der Waals surface area (Å²) in [6.45, 7) is 0.960. The van der Waals surface area contributed by atoms with Crippen LogP contribution in [-0.2, 0) is 18.4 Å². The van der Waals surface area contributed by atoms with Gasteiger partial charge in [0.25, 0.3) is 0 Å². The van der Waals surface area contributed by atoms with E-state index < -0.39 is 0 Å². The van der Waals surface area contributed by atoms with E-state index in [-0.39, 0.29) is 35.5 Å². The van der Waals surface area contributed by atoms with Crippen LogP contribution in [0.2, 0.25) is 0 Å². The summed E-state index contributed by atoms with van der Waals surface area (Å²) in [6, 6.07) is 20.1. The normalized spacial score (nSPS) is 21.0. The number of benzene rings is 2. The molecule has 1 saturated heterocycles. The van der Waals surface area contributed by atoms with Crippen LogP contribution in [0, 0.1) is 16.7 Å². The molecule has 12 heteroatoms. The van der Waals surface area contributed by atoms with E-state index in [2.05, 4.69) is 42.4 Å². The number of carbonyl (C=O) groups excluding carboxylic acids is 2. The number of carbonyl (C=O) groups is 2. The average Bonchev–Trinajstić information content (AvgIpc) is 3.71. The van der Waals surface area contributed by atoms with Crippen LogP contribution in [0.25, 0.3) is 11.1 Å². The Morgan fingerprint density at radius 1 is 1.04 bits per heavy atom. The second kappa shape index (κ2) is 12.7. The Bertz CT molecular complexity index is 1790. The fraction of sp³-hybridized carbons (Fsp3) is 0.371. The molecule has 2 aromatic carbocycles. The zero-order valence-electron chi connectivity index (χ0n) is 26.3. The molecule has 7 rings (SSSR count). The van der Waals surface area contributed by atoms with E-state index in [0.717, 1.165) is 60.9 Å². The van der Waals surface area contributed by atoms with Crippen LogP contribution < -0.4 is 26.2 Å². The van der Waals surface area contributed by atoms with Gasteiger partial charge in [0.2, 0.25) is 11.9 Å². The highest BCUT2D eigenvalue weighted by molar-refractivity contribution is 5.93. The van der Waals surface area contributed by atoms with Crippen molar-refractivity contribution in [2.45, 2.75) is 63.2 Å². The van der Waals surface area contributed by atoms with Crippen molar-refractivity contribution in [3.63, 3.8) is 0 Å². The first kappa shape index (κ1) is 30.2. The van der Waals surface area contributed by atoms with E-state index in [1.807, 2.05) is 78.9 Å². The van der Waals surface area contributed by atoms with E-state index in [9.17, 15) is 14.9 Å². The molecule has 0 radical (unpaired) electrons. The highest BCUT2D eigenvalue weighted by Crippen LogP contribution is 2.52. The van der Waals surface area contributed by atoms with Crippen molar-refractivity contribution in [2.24, 2.45) is 12.5 Å². The van der Waals surface area contributed by atoms with E-state index in [1.54, 1.807) is 4.68 Å². The largest absolute Gasteiger partial charge is 0.363 e. The van der Waals surface area contributed by atoms with Crippen molar-refractivity contribution < 1.29 is 9.59 Å². The van der Waals surface area contributed by atoms with Crippen LogP contribution in [0.1, 0.15) is 49.7 Å². The maximum absolute atomic E-state index is 13.8. The second-order valence-electron chi connectivity index (χ2n) is 12.7. The van der Waals surface area contributed by atoms with Crippen molar-refractivity contribution in [1.82, 2.24) is 30.4 Å². The molecule has 1 spiro atoms. The Kier molecular flexibility index (Phi) is 8.20. The van der Waals surface area contributed by atoms with Crippen LogP contribution >= 0.6 is 0 Å². The molecule has 4 aromatic rings. The molecule has 2 aliphatic carbocycles. The van der Waals surface area contributed by atoms with Crippen LogP contribution in [0.15, 0.2) is 73.2 Å². The molecule has 3 heterocycles. The number of aromatic nitrogens is 4. The number of nitriles is 1. The lowest BCUT2D eigenvalue weighted by Crippen LogP contribution is -2.48. The molecule has 2 saturated carbocycles. The topological polar surface area (TPSA) is 153 Å².